The molecular formula is C12H23NO3. The highest BCUT2D eigenvalue weighted by molar-refractivity contribution is 5.81. The third-order valence-electron chi connectivity index (χ3n) is 2.79. The largest absolute Gasteiger partial charge is 0.463 e. The lowest BCUT2D eigenvalue weighted by atomic mass is 9.94. The van der Waals surface area contributed by atoms with Crippen molar-refractivity contribution in [3.05, 3.63) is 12.2 Å². The summed E-state index contributed by atoms with van der Waals surface area (Å²) in [5.74, 6) is -0.327. The number of ether oxygens (including phenoxy) is 1. The fourth-order valence-electron chi connectivity index (χ4n) is 1.40. The first-order valence-electron chi connectivity index (χ1n) is 5.83. The molecule has 0 aromatic heterocycles. The Morgan fingerprint density at radius 2 is 2.00 bits per heavy atom. The van der Waals surface area contributed by atoms with Crippen LogP contribution in [0.3, 0.4) is 0 Å². The van der Waals surface area contributed by atoms with Crippen LogP contribution in [0.2, 0.25) is 0 Å². The zero-order valence-electron chi connectivity index (χ0n) is 10.5. The molecule has 0 unspecified atom stereocenters. The number of hydrogen-bond acceptors (Lipinski definition) is 4. The van der Waals surface area contributed by atoms with E-state index < -0.39 is 0 Å². The van der Waals surface area contributed by atoms with Gasteiger partial charge in [-0.3, -0.25) is 0 Å². The van der Waals surface area contributed by atoms with Crippen molar-refractivity contribution in [1.29, 1.82) is 0 Å². The third-order valence-corrected chi connectivity index (χ3v) is 2.79. The van der Waals surface area contributed by atoms with Crippen LogP contribution in [-0.2, 0) is 9.53 Å². The predicted octanol–water partition coefficient (Wildman–Crippen LogP) is 1.25. The molecule has 2 N–H and O–H groups in total. The first kappa shape index (κ1) is 15.1. The lowest BCUT2D eigenvalue weighted by Crippen LogP contribution is -2.47. The van der Waals surface area contributed by atoms with Gasteiger partial charge in [0.25, 0.3) is 0 Å². The summed E-state index contributed by atoms with van der Waals surface area (Å²) in [5, 5.41) is 12.5. The van der Waals surface area contributed by atoms with Gasteiger partial charge in [-0.25, -0.2) is 4.79 Å². The molecule has 0 aliphatic heterocycles. The van der Waals surface area contributed by atoms with Crippen LogP contribution in [0, 0.1) is 0 Å². The number of aliphatic hydroxyl groups is 1. The molecule has 0 heterocycles. The van der Waals surface area contributed by atoms with Gasteiger partial charge in [0.2, 0.25) is 0 Å². The highest BCUT2D eigenvalue weighted by atomic mass is 16.5. The molecule has 0 saturated heterocycles. The average Bonchev–Trinajstić information content (AvgIpc) is 2.31. The molecule has 0 rings (SSSR count). The average molecular weight is 229 g/mol. The molecule has 0 aliphatic rings. The lowest BCUT2D eigenvalue weighted by Gasteiger charge is -2.30. The van der Waals surface area contributed by atoms with Crippen LogP contribution < -0.4 is 5.32 Å². The van der Waals surface area contributed by atoms with Crippen molar-refractivity contribution in [3.63, 3.8) is 0 Å². The van der Waals surface area contributed by atoms with E-state index in [-0.39, 0.29) is 18.1 Å². The predicted molar refractivity (Wildman–Crippen MR) is 64.2 cm³/mol. The Kier molecular flexibility index (Phi) is 7.85. The highest BCUT2D eigenvalue weighted by Crippen LogP contribution is 2.13. The molecule has 0 spiro atoms. The van der Waals surface area contributed by atoms with Crippen molar-refractivity contribution in [1.82, 2.24) is 5.32 Å². The molecule has 0 bridgehead atoms. The second-order valence-corrected chi connectivity index (χ2v) is 3.68. The minimum atomic E-state index is -0.327. The van der Waals surface area contributed by atoms with Crippen LogP contribution in [-0.4, -0.2) is 36.4 Å². The van der Waals surface area contributed by atoms with Gasteiger partial charge in [0.15, 0.2) is 0 Å². The summed E-state index contributed by atoms with van der Waals surface area (Å²) in [6.45, 7) is 6.88. The Bertz CT molecular complexity index is 214. The third kappa shape index (κ3) is 5.28. The first-order valence-corrected chi connectivity index (χ1v) is 5.83. The van der Waals surface area contributed by atoms with Crippen LogP contribution in [0.4, 0.5) is 0 Å². The number of esters is 1. The molecule has 94 valence electrons. The van der Waals surface area contributed by atoms with Crippen molar-refractivity contribution in [2.75, 3.05) is 19.8 Å². The van der Waals surface area contributed by atoms with E-state index in [0.717, 1.165) is 12.8 Å². The van der Waals surface area contributed by atoms with E-state index in [0.29, 0.717) is 13.2 Å². The minimum Gasteiger partial charge on any atom is -0.463 e. The quantitative estimate of drug-likeness (QED) is 0.486. The van der Waals surface area contributed by atoms with E-state index in [1.165, 1.54) is 6.08 Å². The zero-order chi connectivity index (χ0) is 12.4. The van der Waals surface area contributed by atoms with Crippen molar-refractivity contribution in [2.45, 2.75) is 39.2 Å². The summed E-state index contributed by atoms with van der Waals surface area (Å²) in [6, 6.07) is 0. The monoisotopic (exact) mass is 229 g/mol. The molecule has 4 nitrogen and oxygen atoms in total. The van der Waals surface area contributed by atoms with Crippen molar-refractivity contribution in [2.24, 2.45) is 0 Å². The molecule has 0 aliphatic carbocycles. The summed E-state index contributed by atoms with van der Waals surface area (Å²) >= 11 is 0. The number of carbonyl (C=O) groups is 1. The topological polar surface area (TPSA) is 58.6 Å². The SMILES string of the molecule is CCOC(=O)/C=C/CNC(CC)(CC)CO. The number of aliphatic hydroxyl groups excluding tert-OH is 1. The molecule has 16 heavy (non-hydrogen) atoms. The highest BCUT2D eigenvalue weighted by Gasteiger charge is 2.23. The van der Waals surface area contributed by atoms with Crippen LogP contribution >= 0.6 is 0 Å². The second kappa shape index (κ2) is 8.30. The van der Waals surface area contributed by atoms with Gasteiger partial charge < -0.3 is 15.2 Å². The van der Waals surface area contributed by atoms with Crippen LogP contribution in [0.25, 0.3) is 0 Å². The van der Waals surface area contributed by atoms with Gasteiger partial charge in [0.1, 0.15) is 0 Å². The minimum absolute atomic E-state index is 0.104. The number of nitrogens with one attached hydrogen (secondary N) is 1. The Morgan fingerprint density at radius 1 is 1.38 bits per heavy atom. The van der Waals surface area contributed by atoms with E-state index in [1.54, 1.807) is 13.0 Å². The van der Waals surface area contributed by atoms with Crippen molar-refractivity contribution < 1.29 is 14.6 Å². The molecule has 0 amide bonds. The van der Waals surface area contributed by atoms with E-state index in [1.807, 2.05) is 13.8 Å². The summed E-state index contributed by atoms with van der Waals surface area (Å²) in [7, 11) is 0. The van der Waals surface area contributed by atoms with Crippen molar-refractivity contribution >= 4 is 5.97 Å². The fraction of sp³-hybridized carbons (Fsp3) is 0.750. The van der Waals surface area contributed by atoms with Gasteiger partial charge in [-0.05, 0) is 19.8 Å². The normalized spacial score (nSPS) is 12.0. The smallest absolute Gasteiger partial charge is 0.330 e. The standard InChI is InChI=1S/C12H23NO3/c1-4-12(5-2,10-14)13-9-7-8-11(15)16-6-3/h7-8,13-14H,4-6,9-10H2,1-3H3/b8-7+. The summed E-state index contributed by atoms with van der Waals surface area (Å²) in [5.41, 5.74) is -0.237. The van der Waals surface area contributed by atoms with Crippen LogP contribution in [0.5, 0.6) is 0 Å². The Morgan fingerprint density at radius 3 is 2.44 bits per heavy atom. The maximum absolute atomic E-state index is 11.0. The first-order chi connectivity index (χ1) is 7.64. The number of carbonyl (C=O) groups excluding carboxylic acids is 1. The maximum atomic E-state index is 11.0. The van der Waals surface area contributed by atoms with Gasteiger partial charge in [0.05, 0.1) is 13.2 Å². The van der Waals surface area contributed by atoms with Crippen molar-refractivity contribution in [3.8, 4) is 0 Å². The van der Waals surface area contributed by atoms with E-state index >= 15 is 0 Å². The molecule has 0 fully saturated rings. The zero-order valence-corrected chi connectivity index (χ0v) is 10.5. The summed E-state index contributed by atoms with van der Waals surface area (Å²) < 4.78 is 4.75. The molecule has 0 radical (unpaired) electrons. The molecule has 4 heteroatoms. The van der Waals surface area contributed by atoms with Crippen LogP contribution in [0.1, 0.15) is 33.6 Å². The van der Waals surface area contributed by atoms with E-state index in [2.05, 4.69) is 5.32 Å². The molecule has 0 saturated carbocycles. The molecular weight excluding hydrogens is 206 g/mol. The Hall–Kier alpha value is -0.870. The van der Waals surface area contributed by atoms with Gasteiger partial charge in [0, 0.05) is 18.2 Å². The number of hydrogen-bond donors (Lipinski definition) is 2. The number of rotatable bonds is 8. The maximum Gasteiger partial charge on any atom is 0.330 e. The Balaban J connectivity index is 3.99. The van der Waals surface area contributed by atoms with Gasteiger partial charge in [-0.1, -0.05) is 19.9 Å². The second-order valence-electron chi connectivity index (χ2n) is 3.68. The van der Waals surface area contributed by atoms with Crippen LogP contribution in [0.15, 0.2) is 12.2 Å². The molecule has 0 aromatic rings. The van der Waals surface area contributed by atoms with Gasteiger partial charge >= 0.3 is 5.97 Å². The van der Waals surface area contributed by atoms with E-state index in [9.17, 15) is 9.90 Å². The Labute approximate surface area is 97.7 Å². The molecule has 0 aromatic carbocycles. The molecule has 0 atom stereocenters. The van der Waals surface area contributed by atoms with E-state index in [4.69, 9.17) is 4.74 Å². The summed E-state index contributed by atoms with van der Waals surface area (Å²) in [6.07, 6.45) is 4.83. The summed E-state index contributed by atoms with van der Waals surface area (Å²) in [4.78, 5) is 11.0. The lowest BCUT2D eigenvalue weighted by molar-refractivity contribution is -0.137. The van der Waals surface area contributed by atoms with Gasteiger partial charge in [-0.2, -0.15) is 0 Å². The fourth-order valence-corrected chi connectivity index (χ4v) is 1.40. The van der Waals surface area contributed by atoms with Gasteiger partial charge in [-0.15, -0.1) is 0 Å².